The first-order chi connectivity index (χ1) is 13.1. The molecule has 0 spiro atoms. The molecule has 2 aromatic carbocycles. The second kappa shape index (κ2) is 8.13. The molecule has 2 aromatic rings. The van der Waals surface area contributed by atoms with Crippen molar-refractivity contribution in [3.63, 3.8) is 0 Å². The van der Waals surface area contributed by atoms with E-state index in [-0.39, 0.29) is 17.8 Å². The van der Waals surface area contributed by atoms with E-state index in [4.69, 9.17) is 0 Å². The Morgan fingerprint density at radius 2 is 1.63 bits per heavy atom. The normalized spacial score (nSPS) is 26.9. The van der Waals surface area contributed by atoms with E-state index in [1.165, 1.54) is 5.56 Å². The summed E-state index contributed by atoms with van der Waals surface area (Å²) in [6, 6.07) is 20.3. The van der Waals surface area contributed by atoms with Crippen LogP contribution in [0.25, 0.3) is 0 Å². The average molecular weight is 385 g/mol. The molecule has 4 nitrogen and oxygen atoms in total. The molecule has 0 unspecified atom stereocenters. The highest BCUT2D eigenvalue weighted by molar-refractivity contribution is 7.88. The second-order valence-corrected chi connectivity index (χ2v) is 9.62. The van der Waals surface area contributed by atoms with E-state index in [1.807, 2.05) is 40.7 Å². The number of nitrogens with zero attached hydrogens (tertiary/aromatic N) is 1. The second-order valence-electron chi connectivity index (χ2n) is 7.70. The summed E-state index contributed by atoms with van der Waals surface area (Å²) in [6.45, 7) is 1.58. The maximum atomic E-state index is 13.3. The van der Waals surface area contributed by atoms with Gasteiger partial charge in [0.05, 0.1) is 5.75 Å². The Morgan fingerprint density at radius 3 is 2.37 bits per heavy atom. The van der Waals surface area contributed by atoms with Crippen LogP contribution >= 0.6 is 0 Å². The molecular weight excluding hydrogens is 356 g/mol. The van der Waals surface area contributed by atoms with Crippen LogP contribution in [-0.4, -0.2) is 37.9 Å². The quantitative estimate of drug-likeness (QED) is 0.877. The Labute approximate surface area is 162 Å². The van der Waals surface area contributed by atoms with E-state index < -0.39 is 10.0 Å². The van der Waals surface area contributed by atoms with E-state index in [9.17, 15) is 8.42 Å². The average Bonchev–Trinajstić information content (AvgIpc) is 2.94. The van der Waals surface area contributed by atoms with Crippen molar-refractivity contribution < 1.29 is 8.42 Å². The Balaban J connectivity index is 1.61. The lowest BCUT2D eigenvalue weighted by atomic mass is 9.81. The summed E-state index contributed by atoms with van der Waals surface area (Å²) in [4.78, 5) is 0. The van der Waals surface area contributed by atoms with Crippen molar-refractivity contribution in [2.45, 2.75) is 49.4 Å². The number of fused-ring (bicyclic) bond motifs is 1. The molecule has 2 aliphatic heterocycles. The third-order valence-corrected chi connectivity index (χ3v) is 7.83. The van der Waals surface area contributed by atoms with Crippen LogP contribution in [0, 0.1) is 0 Å². The predicted molar refractivity (Wildman–Crippen MR) is 109 cm³/mol. The summed E-state index contributed by atoms with van der Waals surface area (Å²) in [7, 11) is -3.34. The van der Waals surface area contributed by atoms with E-state index in [0.29, 0.717) is 12.5 Å². The number of hydrogen-bond acceptors (Lipinski definition) is 3. The van der Waals surface area contributed by atoms with Gasteiger partial charge in [-0.1, -0.05) is 67.1 Å². The molecule has 2 saturated heterocycles. The predicted octanol–water partition coefficient (Wildman–Crippen LogP) is 3.52. The largest absolute Gasteiger partial charge is 0.312 e. The van der Waals surface area contributed by atoms with Crippen LogP contribution < -0.4 is 5.32 Å². The van der Waals surface area contributed by atoms with Crippen LogP contribution in [0.2, 0.25) is 0 Å². The summed E-state index contributed by atoms with van der Waals surface area (Å²) >= 11 is 0. The van der Waals surface area contributed by atoms with Gasteiger partial charge in [-0.25, -0.2) is 8.42 Å². The van der Waals surface area contributed by atoms with Crippen LogP contribution in [-0.2, 0) is 15.8 Å². The topological polar surface area (TPSA) is 49.4 Å². The van der Waals surface area contributed by atoms with Crippen LogP contribution in [0.3, 0.4) is 0 Å². The monoisotopic (exact) mass is 384 g/mol. The molecule has 0 bridgehead atoms. The molecule has 144 valence electrons. The zero-order valence-corrected chi connectivity index (χ0v) is 16.4. The van der Waals surface area contributed by atoms with Gasteiger partial charge in [-0.3, -0.25) is 0 Å². The molecular formula is C22H28N2O2S. The fraction of sp³-hybridized carbons (Fsp3) is 0.455. The Morgan fingerprint density at radius 1 is 0.926 bits per heavy atom. The van der Waals surface area contributed by atoms with Crippen LogP contribution in [0.5, 0.6) is 0 Å². The van der Waals surface area contributed by atoms with Crippen LogP contribution in [0.4, 0.5) is 0 Å². The van der Waals surface area contributed by atoms with Crippen molar-refractivity contribution in [2.75, 3.05) is 13.1 Å². The maximum absolute atomic E-state index is 13.3. The molecule has 4 rings (SSSR count). The molecule has 3 atom stereocenters. The zero-order chi connectivity index (χ0) is 18.7. The van der Waals surface area contributed by atoms with E-state index in [1.54, 1.807) is 0 Å². The fourth-order valence-corrected chi connectivity index (χ4v) is 6.51. The molecule has 2 aliphatic rings. The first kappa shape index (κ1) is 18.7. The van der Waals surface area contributed by atoms with Gasteiger partial charge in [0, 0.05) is 24.5 Å². The van der Waals surface area contributed by atoms with Crippen molar-refractivity contribution in [3.05, 3.63) is 71.8 Å². The van der Waals surface area contributed by atoms with E-state index in [2.05, 4.69) is 29.6 Å². The Hall–Kier alpha value is -1.69. The third kappa shape index (κ3) is 4.10. The van der Waals surface area contributed by atoms with Gasteiger partial charge in [0.1, 0.15) is 0 Å². The fourth-order valence-electron chi connectivity index (χ4n) is 4.70. The molecule has 0 radical (unpaired) electrons. The molecule has 2 fully saturated rings. The molecule has 0 aromatic heterocycles. The standard InChI is InChI=1S/C22H28N2O2S/c25-27(26,17-18-9-3-1-4-10-18)24-16-14-20(19-11-5-2-6-12-19)22-21(24)13-7-8-15-23-22/h1-6,9-12,20-23H,7-8,13-17H2/t20-,21-,22-/m1/s1. The molecule has 27 heavy (non-hydrogen) atoms. The molecule has 1 N–H and O–H groups in total. The van der Waals surface area contributed by atoms with Gasteiger partial charge < -0.3 is 5.32 Å². The van der Waals surface area contributed by atoms with Gasteiger partial charge in [-0.05, 0) is 36.9 Å². The van der Waals surface area contributed by atoms with Crippen LogP contribution in [0.15, 0.2) is 60.7 Å². The molecule has 5 heteroatoms. The van der Waals surface area contributed by atoms with Gasteiger partial charge in [0.25, 0.3) is 0 Å². The number of nitrogens with one attached hydrogen (secondary N) is 1. The van der Waals surface area contributed by atoms with Crippen molar-refractivity contribution in [2.24, 2.45) is 0 Å². The van der Waals surface area contributed by atoms with Gasteiger partial charge in [0.15, 0.2) is 0 Å². The number of benzene rings is 2. The summed E-state index contributed by atoms with van der Waals surface area (Å²) in [6.07, 6.45) is 4.00. The minimum atomic E-state index is -3.34. The summed E-state index contributed by atoms with van der Waals surface area (Å²) in [5.74, 6) is 0.463. The number of hydrogen-bond donors (Lipinski definition) is 1. The number of rotatable bonds is 4. The van der Waals surface area contributed by atoms with E-state index >= 15 is 0 Å². The molecule has 2 heterocycles. The van der Waals surface area contributed by atoms with Crippen LogP contribution in [0.1, 0.15) is 42.7 Å². The van der Waals surface area contributed by atoms with Crippen molar-refractivity contribution in [1.82, 2.24) is 9.62 Å². The first-order valence-corrected chi connectivity index (χ1v) is 11.6. The lowest BCUT2D eigenvalue weighted by molar-refractivity contribution is 0.175. The first-order valence-electron chi connectivity index (χ1n) is 9.97. The van der Waals surface area contributed by atoms with Gasteiger partial charge >= 0.3 is 0 Å². The lowest BCUT2D eigenvalue weighted by Crippen LogP contribution is -2.58. The maximum Gasteiger partial charge on any atom is 0.218 e. The number of sulfonamides is 1. The number of piperidine rings is 1. The molecule has 0 aliphatic carbocycles. The summed E-state index contributed by atoms with van der Waals surface area (Å²) in [5.41, 5.74) is 2.18. The summed E-state index contributed by atoms with van der Waals surface area (Å²) in [5, 5.41) is 3.69. The van der Waals surface area contributed by atoms with Gasteiger partial charge in [0.2, 0.25) is 10.0 Å². The Bertz CT molecular complexity index is 839. The SMILES string of the molecule is O=S(=O)(Cc1ccccc1)N1CC[C@H](c2ccccc2)[C@H]2NCCCC[C@H]21. The minimum absolute atomic E-state index is 0.0418. The van der Waals surface area contributed by atoms with Crippen molar-refractivity contribution in [3.8, 4) is 0 Å². The Kier molecular flexibility index (Phi) is 5.62. The summed E-state index contributed by atoms with van der Waals surface area (Å²) < 4.78 is 28.3. The van der Waals surface area contributed by atoms with Gasteiger partial charge in [-0.15, -0.1) is 0 Å². The van der Waals surface area contributed by atoms with E-state index in [0.717, 1.165) is 37.8 Å². The highest BCUT2D eigenvalue weighted by Gasteiger charge is 2.43. The molecule has 0 amide bonds. The third-order valence-electron chi connectivity index (χ3n) is 5.96. The smallest absolute Gasteiger partial charge is 0.218 e. The minimum Gasteiger partial charge on any atom is -0.312 e. The van der Waals surface area contributed by atoms with Crippen molar-refractivity contribution >= 4 is 10.0 Å². The zero-order valence-electron chi connectivity index (χ0n) is 15.6. The highest BCUT2D eigenvalue weighted by atomic mass is 32.2. The lowest BCUT2D eigenvalue weighted by Gasteiger charge is -2.44. The highest BCUT2D eigenvalue weighted by Crippen LogP contribution is 2.37. The van der Waals surface area contributed by atoms with Crippen molar-refractivity contribution in [1.29, 1.82) is 0 Å². The molecule has 0 saturated carbocycles. The van der Waals surface area contributed by atoms with Gasteiger partial charge in [-0.2, -0.15) is 4.31 Å².